The molecule has 0 spiro atoms. The Balaban J connectivity index is 1.96. The lowest BCUT2D eigenvalue weighted by Crippen LogP contribution is -2.28. The molecule has 0 bridgehead atoms. The predicted molar refractivity (Wildman–Crippen MR) is 88.0 cm³/mol. The van der Waals surface area contributed by atoms with Gasteiger partial charge in [0, 0.05) is 15.6 Å². The molecule has 110 valence electrons. The molecule has 2 amide bonds. The fourth-order valence-corrected chi connectivity index (χ4v) is 2.79. The Morgan fingerprint density at radius 1 is 1.00 bits per heavy atom. The second kappa shape index (κ2) is 5.95. The number of hydrogen-bond donors (Lipinski definition) is 0. The molecule has 1 fully saturated rings. The van der Waals surface area contributed by atoms with Gasteiger partial charge in [0.2, 0.25) is 5.91 Å². The van der Waals surface area contributed by atoms with Crippen LogP contribution >= 0.6 is 23.2 Å². The fraction of sp³-hybridized carbons (Fsp3) is 0.0588. The molecule has 0 N–H and O–H groups in total. The molecule has 3 rings (SSSR count). The standard InChI is InChI=1S/C17H11Cl2NO2/c18-13-7-6-11(15(19)10-13)8-12-9-16(21)20(17(12)22)14-4-2-1-3-5-14/h1-8,10H,9H2. The van der Waals surface area contributed by atoms with Gasteiger partial charge >= 0.3 is 0 Å². The molecule has 0 atom stereocenters. The normalized spacial score (nSPS) is 16.6. The molecule has 0 aliphatic carbocycles. The van der Waals surface area contributed by atoms with Gasteiger partial charge in [-0.2, -0.15) is 0 Å². The first kappa shape index (κ1) is 14.8. The third-order valence-electron chi connectivity index (χ3n) is 3.38. The van der Waals surface area contributed by atoms with Crippen LogP contribution in [0.4, 0.5) is 5.69 Å². The van der Waals surface area contributed by atoms with Crippen molar-refractivity contribution in [2.24, 2.45) is 0 Å². The fourth-order valence-electron chi connectivity index (χ4n) is 2.33. The van der Waals surface area contributed by atoms with Crippen LogP contribution in [0.2, 0.25) is 10.0 Å². The van der Waals surface area contributed by atoms with Crippen LogP contribution in [-0.2, 0) is 9.59 Å². The van der Waals surface area contributed by atoms with E-state index in [1.807, 2.05) is 6.07 Å². The van der Waals surface area contributed by atoms with E-state index in [-0.39, 0.29) is 18.2 Å². The molecule has 1 aliphatic rings. The third kappa shape index (κ3) is 2.78. The minimum Gasteiger partial charge on any atom is -0.274 e. The number of rotatable bonds is 2. The molecule has 0 unspecified atom stereocenters. The van der Waals surface area contributed by atoms with Gasteiger partial charge < -0.3 is 0 Å². The zero-order chi connectivity index (χ0) is 15.7. The number of nitrogens with zero attached hydrogens (tertiary/aromatic N) is 1. The maximum atomic E-state index is 12.5. The van der Waals surface area contributed by atoms with E-state index in [9.17, 15) is 9.59 Å². The van der Waals surface area contributed by atoms with Crippen LogP contribution < -0.4 is 4.90 Å². The van der Waals surface area contributed by atoms with E-state index >= 15 is 0 Å². The quantitative estimate of drug-likeness (QED) is 0.606. The SMILES string of the molecule is O=C1CC(=Cc2ccc(Cl)cc2Cl)C(=O)N1c1ccccc1. The summed E-state index contributed by atoms with van der Waals surface area (Å²) in [5, 5.41) is 0.963. The molecule has 0 aromatic heterocycles. The second-order valence-corrected chi connectivity index (χ2v) is 5.73. The summed E-state index contributed by atoms with van der Waals surface area (Å²) >= 11 is 12.0. The first-order valence-corrected chi connectivity index (χ1v) is 7.40. The molecule has 1 aliphatic heterocycles. The lowest BCUT2D eigenvalue weighted by molar-refractivity contribution is -0.120. The highest BCUT2D eigenvalue weighted by Crippen LogP contribution is 2.29. The van der Waals surface area contributed by atoms with Crippen molar-refractivity contribution < 1.29 is 9.59 Å². The highest BCUT2D eigenvalue weighted by molar-refractivity contribution is 6.36. The number of anilines is 1. The highest BCUT2D eigenvalue weighted by Gasteiger charge is 2.34. The Kier molecular flexibility index (Phi) is 4.01. The maximum absolute atomic E-state index is 12.5. The summed E-state index contributed by atoms with van der Waals surface area (Å²) in [7, 11) is 0. The van der Waals surface area contributed by atoms with E-state index in [0.29, 0.717) is 26.9 Å². The molecule has 3 nitrogen and oxygen atoms in total. The van der Waals surface area contributed by atoms with Crippen molar-refractivity contribution >= 4 is 46.8 Å². The van der Waals surface area contributed by atoms with Crippen LogP contribution in [0, 0.1) is 0 Å². The zero-order valence-corrected chi connectivity index (χ0v) is 12.9. The van der Waals surface area contributed by atoms with Crippen molar-refractivity contribution in [2.75, 3.05) is 4.90 Å². The number of halogens is 2. The number of amides is 2. The predicted octanol–water partition coefficient (Wildman–Crippen LogP) is 4.34. The van der Waals surface area contributed by atoms with Gasteiger partial charge in [0.25, 0.3) is 5.91 Å². The average molecular weight is 332 g/mol. The Labute approximate surface area is 137 Å². The van der Waals surface area contributed by atoms with Gasteiger partial charge in [-0.1, -0.05) is 47.5 Å². The van der Waals surface area contributed by atoms with E-state index in [2.05, 4.69) is 0 Å². The van der Waals surface area contributed by atoms with Crippen molar-refractivity contribution in [1.29, 1.82) is 0 Å². The van der Waals surface area contributed by atoms with Gasteiger partial charge in [0.05, 0.1) is 12.1 Å². The van der Waals surface area contributed by atoms with E-state index < -0.39 is 0 Å². The van der Waals surface area contributed by atoms with Crippen molar-refractivity contribution in [3.05, 3.63) is 69.7 Å². The summed E-state index contributed by atoms with van der Waals surface area (Å²) in [6.07, 6.45) is 1.70. The number of para-hydroxylation sites is 1. The van der Waals surface area contributed by atoms with Gasteiger partial charge in [0.15, 0.2) is 0 Å². The largest absolute Gasteiger partial charge is 0.274 e. The molecule has 0 saturated carbocycles. The average Bonchev–Trinajstić information content (AvgIpc) is 2.77. The molecule has 1 heterocycles. The zero-order valence-electron chi connectivity index (χ0n) is 11.4. The van der Waals surface area contributed by atoms with E-state index in [1.165, 1.54) is 4.90 Å². The number of carbonyl (C=O) groups excluding carboxylic acids is 2. The molecular weight excluding hydrogens is 321 g/mol. The van der Waals surface area contributed by atoms with Crippen LogP contribution in [0.1, 0.15) is 12.0 Å². The van der Waals surface area contributed by atoms with Crippen LogP contribution in [0.3, 0.4) is 0 Å². The first-order chi connectivity index (χ1) is 10.6. The van der Waals surface area contributed by atoms with Gasteiger partial charge in [-0.25, -0.2) is 4.90 Å². The topological polar surface area (TPSA) is 37.4 Å². The smallest absolute Gasteiger partial charge is 0.261 e. The van der Waals surface area contributed by atoms with Crippen molar-refractivity contribution in [3.63, 3.8) is 0 Å². The number of carbonyl (C=O) groups is 2. The summed E-state index contributed by atoms with van der Waals surface area (Å²) in [5.41, 5.74) is 1.65. The monoisotopic (exact) mass is 331 g/mol. The van der Waals surface area contributed by atoms with E-state index in [4.69, 9.17) is 23.2 Å². The van der Waals surface area contributed by atoms with Crippen LogP contribution in [-0.4, -0.2) is 11.8 Å². The molecule has 2 aromatic rings. The molecule has 2 aromatic carbocycles. The Hall–Kier alpha value is -2.10. The molecule has 5 heteroatoms. The van der Waals surface area contributed by atoms with E-state index in [1.54, 1.807) is 48.5 Å². The lowest BCUT2D eigenvalue weighted by Gasteiger charge is -2.12. The minimum absolute atomic E-state index is 0.0622. The van der Waals surface area contributed by atoms with Crippen LogP contribution in [0.15, 0.2) is 54.1 Å². The molecular formula is C17H11Cl2NO2. The summed E-state index contributed by atoms with van der Waals surface area (Å²) in [6.45, 7) is 0. The summed E-state index contributed by atoms with van der Waals surface area (Å²) < 4.78 is 0. The van der Waals surface area contributed by atoms with Gasteiger partial charge in [-0.05, 0) is 35.9 Å². The van der Waals surface area contributed by atoms with Crippen molar-refractivity contribution in [3.8, 4) is 0 Å². The first-order valence-electron chi connectivity index (χ1n) is 6.64. The van der Waals surface area contributed by atoms with Crippen molar-refractivity contribution in [1.82, 2.24) is 0 Å². The number of imide groups is 1. The molecule has 0 radical (unpaired) electrons. The third-order valence-corrected chi connectivity index (χ3v) is 3.94. The number of hydrogen-bond acceptors (Lipinski definition) is 2. The van der Waals surface area contributed by atoms with Crippen LogP contribution in [0.25, 0.3) is 6.08 Å². The Morgan fingerprint density at radius 3 is 2.41 bits per heavy atom. The van der Waals surface area contributed by atoms with Gasteiger partial charge in [-0.15, -0.1) is 0 Å². The van der Waals surface area contributed by atoms with E-state index in [0.717, 1.165) is 0 Å². The highest BCUT2D eigenvalue weighted by atomic mass is 35.5. The Morgan fingerprint density at radius 2 is 1.73 bits per heavy atom. The van der Waals surface area contributed by atoms with Gasteiger partial charge in [-0.3, -0.25) is 9.59 Å². The number of benzene rings is 2. The lowest BCUT2D eigenvalue weighted by atomic mass is 10.1. The molecule has 22 heavy (non-hydrogen) atoms. The summed E-state index contributed by atoms with van der Waals surface area (Å²) in [6, 6.07) is 13.9. The second-order valence-electron chi connectivity index (χ2n) is 4.88. The van der Waals surface area contributed by atoms with Crippen LogP contribution in [0.5, 0.6) is 0 Å². The minimum atomic E-state index is -0.317. The van der Waals surface area contributed by atoms with Gasteiger partial charge in [0.1, 0.15) is 0 Å². The van der Waals surface area contributed by atoms with Crippen molar-refractivity contribution in [2.45, 2.75) is 6.42 Å². The summed E-state index contributed by atoms with van der Waals surface area (Å²) in [4.78, 5) is 25.8. The molecule has 1 saturated heterocycles. The maximum Gasteiger partial charge on any atom is 0.261 e. The summed E-state index contributed by atoms with van der Waals surface area (Å²) in [5.74, 6) is -0.560. The Bertz CT molecular complexity index is 785.